The van der Waals surface area contributed by atoms with E-state index in [4.69, 9.17) is 0 Å². The second-order valence-electron chi connectivity index (χ2n) is 5.00. The summed E-state index contributed by atoms with van der Waals surface area (Å²) in [7, 11) is 0. The van der Waals surface area contributed by atoms with Crippen molar-refractivity contribution in [2.45, 2.75) is 6.92 Å². The van der Waals surface area contributed by atoms with Crippen LogP contribution in [0, 0.1) is 0 Å². The molecule has 1 N–H and O–H groups in total. The molecule has 114 valence electrons. The topological polar surface area (TPSA) is 59.1 Å². The van der Waals surface area contributed by atoms with Gasteiger partial charge >= 0.3 is 0 Å². The highest BCUT2D eigenvalue weighted by Gasteiger charge is 2.12. The first-order chi connectivity index (χ1) is 11.1. The summed E-state index contributed by atoms with van der Waals surface area (Å²) in [4.78, 5) is 28.0. The first-order valence-electron chi connectivity index (χ1n) is 7.07. The number of nitrogens with one attached hydrogen (secondary N) is 1. The first kappa shape index (κ1) is 15.1. The number of carbonyl (C=O) groups is 2. The van der Waals surface area contributed by atoms with Crippen LogP contribution in [0.4, 0.5) is 5.69 Å². The molecule has 2 aromatic carbocycles. The van der Waals surface area contributed by atoms with Crippen LogP contribution in [-0.4, -0.2) is 16.7 Å². The van der Waals surface area contributed by atoms with E-state index >= 15 is 0 Å². The smallest absolute Gasteiger partial charge is 0.275 e. The molecule has 0 saturated heterocycles. The van der Waals surface area contributed by atoms with Crippen LogP contribution in [0.1, 0.15) is 27.8 Å². The lowest BCUT2D eigenvalue weighted by Gasteiger charge is -2.02. The summed E-state index contributed by atoms with van der Waals surface area (Å²) in [5.41, 5.74) is 2.56. The third-order valence-electron chi connectivity index (χ3n) is 3.28. The van der Waals surface area contributed by atoms with E-state index in [0.717, 1.165) is 11.3 Å². The number of rotatable bonds is 4. The lowest BCUT2D eigenvalue weighted by molar-refractivity contribution is 0.101. The lowest BCUT2D eigenvalue weighted by atomic mass is 10.1. The zero-order chi connectivity index (χ0) is 16.2. The maximum atomic E-state index is 12.2. The number of thiazole rings is 1. The summed E-state index contributed by atoms with van der Waals surface area (Å²) in [6.45, 7) is 1.53. The number of benzene rings is 2. The molecule has 3 aromatic rings. The second kappa shape index (κ2) is 6.54. The summed E-state index contributed by atoms with van der Waals surface area (Å²) >= 11 is 1.38. The predicted molar refractivity (Wildman–Crippen MR) is 91.9 cm³/mol. The molecule has 3 rings (SSSR count). The summed E-state index contributed by atoms with van der Waals surface area (Å²) < 4.78 is 0. The van der Waals surface area contributed by atoms with E-state index in [2.05, 4.69) is 10.3 Å². The third-order valence-corrected chi connectivity index (χ3v) is 4.18. The fourth-order valence-electron chi connectivity index (χ4n) is 2.10. The van der Waals surface area contributed by atoms with Crippen LogP contribution >= 0.6 is 11.3 Å². The Morgan fingerprint density at radius 3 is 2.57 bits per heavy atom. The minimum Gasteiger partial charge on any atom is -0.321 e. The van der Waals surface area contributed by atoms with E-state index < -0.39 is 0 Å². The molecule has 23 heavy (non-hydrogen) atoms. The van der Waals surface area contributed by atoms with Gasteiger partial charge in [0.25, 0.3) is 5.91 Å². The molecule has 0 aliphatic heterocycles. The van der Waals surface area contributed by atoms with Crippen molar-refractivity contribution in [1.29, 1.82) is 0 Å². The monoisotopic (exact) mass is 322 g/mol. The van der Waals surface area contributed by atoms with E-state index in [1.54, 1.807) is 17.5 Å². The molecule has 0 bridgehead atoms. The molecule has 0 saturated carbocycles. The Morgan fingerprint density at radius 1 is 1.04 bits per heavy atom. The lowest BCUT2D eigenvalue weighted by Crippen LogP contribution is -2.12. The van der Waals surface area contributed by atoms with E-state index in [1.807, 2.05) is 42.5 Å². The van der Waals surface area contributed by atoms with E-state index in [0.29, 0.717) is 16.3 Å². The second-order valence-corrected chi connectivity index (χ2v) is 5.85. The van der Waals surface area contributed by atoms with Crippen molar-refractivity contribution in [2.75, 3.05) is 5.32 Å². The van der Waals surface area contributed by atoms with Crippen molar-refractivity contribution >= 4 is 28.7 Å². The molecule has 0 radical (unpaired) electrons. The fourth-order valence-corrected chi connectivity index (χ4v) is 2.90. The van der Waals surface area contributed by atoms with E-state index in [1.165, 1.54) is 18.3 Å². The Morgan fingerprint density at radius 2 is 1.83 bits per heavy atom. The van der Waals surface area contributed by atoms with Gasteiger partial charge in [0.15, 0.2) is 5.78 Å². The zero-order valence-corrected chi connectivity index (χ0v) is 13.3. The SMILES string of the molecule is CC(=O)c1cccc(-c2nc(C(=O)Nc3ccccc3)cs2)c1. The minimum absolute atomic E-state index is 0.00505. The number of hydrogen-bond donors (Lipinski definition) is 1. The van der Waals surface area contributed by atoms with Gasteiger partial charge in [-0.3, -0.25) is 9.59 Å². The van der Waals surface area contributed by atoms with Gasteiger partial charge < -0.3 is 5.32 Å². The van der Waals surface area contributed by atoms with Gasteiger partial charge in [0, 0.05) is 22.2 Å². The number of hydrogen-bond acceptors (Lipinski definition) is 4. The molecule has 0 aliphatic rings. The van der Waals surface area contributed by atoms with Gasteiger partial charge in [-0.25, -0.2) is 4.98 Å². The van der Waals surface area contributed by atoms with Gasteiger partial charge in [0.2, 0.25) is 0 Å². The van der Waals surface area contributed by atoms with Crippen LogP contribution in [0.2, 0.25) is 0 Å². The number of ketones is 1. The molecule has 0 spiro atoms. The quantitative estimate of drug-likeness (QED) is 0.730. The van der Waals surface area contributed by atoms with Gasteiger partial charge in [-0.15, -0.1) is 11.3 Å². The Bertz CT molecular complexity index is 856. The number of Topliss-reactive ketones (excluding diaryl/α,β-unsaturated/α-hetero) is 1. The minimum atomic E-state index is -0.249. The van der Waals surface area contributed by atoms with Gasteiger partial charge in [-0.2, -0.15) is 0 Å². The van der Waals surface area contributed by atoms with Crippen molar-refractivity contribution in [1.82, 2.24) is 4.98 Å². The Labute approximate surface area is 137 Å². The number of aromatic nitrogens is 1. The van der Waals surface area contributed by atoms with Crippen LogP contribution in [0.25, 0.3) is 10.6 Å². The van der Waals surface area contributed by atoms with Crippen molar-refractivity contribution < 1.29 is 9.59 Å². The molecule has 1 amide bonds. The molecule has 4 nitrogen and oxygen atoms in total. The highest BCUT2D eigenvalue weighted by Crippen LogP contribution is 2.25. The zero-order valence-electron chi connectivity index (χ0n) is 12.4. The normalized spacial score (nSPS) is 10.3. The van der Waals surface area contributed by atoms with Gasteiger partial charge in [0.1, 0.15) is 10.7 Å². The van der Waals surface area contributed by atoms with Crippen molar-refractivity contribution in [3.8, 4) is 10.6 Å². The molecule has 5 heteroatoms. The Kier molecular flexibility index (Phi) is 4.30. The summed E-state index contributed by atoms with van der Waals surface area (Å²) in [6, 6.07) is 16.5. The van der Waals surface area contributed by atoms with Gasteiger partial charge in [-0.1, -0.05) is 36.4 Å². The van der Waals surface area contributed by atoms with Gasteiger partial charge in [0.05, 0.1) is 0 Å². The standard InChI is InChI=1S/C18H14N2O2S/c1-12(21)13-6-5-7-14(10-13)18-20-16(11-23-18)17(22)19-15-8-3-2-4-9-15/h2-11H,1H3,(H,19,22). The molecular weight excluding hydrogens is 308 g/mol. The predicted octanol–water partition coefficient (Wildman–Crippen LogP) is 4.27. The van der Waals surface area contributed by atoms with Crippen LogP contribution in [0.5, 0.6) is 0 Å². The highest BCUT2D eigenvalue weighted by atomic mass is 32.1. The number of amides is 1. The van der Waals surface area contributed by atoms with Gasteiger partial charge in [-0.05, 0) is 25.1 Å². The van der Waals surface area contributed by atoms with Crippen LogP contribution in [0.3, 0.4) is 0 Å². The maximum absolute atomic E-state index is 12.2. The average Bonchev–Trinajstić information content (AvgIpc) is 3.06. The Hall–Kier alpha value is -2.79. The van der Waals surface area contributed by atoms with Crippen LogP contribution < -0.4 is 5.32 Å². The molecule has 1 heterocycles. The maximum Gasteiger partial charge on any atom is 0.275 e. The van der Waals surface area contributed by atoms with Crippen LogP contribution in [-0.2, 0) is 0 Å². The molecule has 0 atom stereocenters. The largest absolute Gasteiger partial charge is 0.321 e. The van der Waals surface area contributed by atoms with Crippen LogP contribution in [0.15, 0.2) is 60.0 Å². The Balaban J connectivity index is 1.81. The summed E-state index contributed by atoms with van der Waals surface area (Å²) in [5.74, 6) is -0.244. The molecule has 0 aliphatic carbocycles. The molecule has 0 unspecified atom stereocenters. The molecule has 1 aromatic heterocycles. The van der Waals surface area contributed by atoms with E-state index in [9.17, 15) is 9.59 Å². The van der Waals surface area contributed by atoms with Crippen molar-refractivity contribution in [2.24, 2.45) is 0 Å². The summed E-state index contributed by atoms with van der Waals surface area (Å²) in [5, 5.41) is 5.23. The number of para-hydroxylation sites is 1. The highest BCUT2D eigenvalue weighted by molar-refractivity contribution is 7.13. The fraction of sp³-hybridized carbons (Fsp3) is 0.0556. The molecular formula is C18H14N2O2S. The number of nitrogens with zero attached hydrogens (tertiary/aromatic N) is 1. The third kappa shape index (κ3) is 3.52. The van der Waals surface area contributed by atoms with Crippen molar-refractivity contribution in [3.05, 3.63) is 71.2 Å². The number of anilines is 1. The van der Waals surface area contributed by atoms with E-state index in [-0.39, 0.29) is 11.7 Å². The first-order valence-corrected chi connectivity index (χ1v) is 7.95. The average molecular weight is 322 g/mol. The number of carbonyl (C=O) groups excluding carboxylic acids is 2. The van der Waals surface area contributed by atoms with Crippen molar-refractivity contribution in [3.63, 3.8) is 0 Å². The molecule has 0 fully saturated rings. The summed E-state index contributed by atoms with van der Waals surface area (Å²) in [6.07, 6.45) is 0.